The molecule has 4 bridgehead atoms. The zero-order valence-electron chi connectivity index (χ0n) is 22.3. The van der Waals surface area contributed by atoms with Crippen molar-refractivity contribution in [1.82, 2.24) is 24.3 Å². The summed E-state index contributed by atoms with van der Waals surface area (Å²) in [5.41, 5.74) is 3.85. The van der Waals surface area contributed by atoms with E-state index in [-0.39, 0.29) is 23.8 Å². The molecule has 206 valence electrons. The van der Waals surface area contributed by atoms with Crippen molar-refractivity contribution in [3.05, 3.63) is 94.2 Å². The highest BCUT2D eigenvalue weighted by atomic mass is 16.5. The van der Waals surface area contributed by atoms with E-state index in [1.165, 1.54) is 6.07 Å². The van der Waals surface area contributed by atoms with Gasteiger partial charge in [0.05, 0.1) is 26.9 Å². The van der Waals surface area contributed by atoms with Crippen LogP contribution in [-0.2, 0) is 17.8 Å². The molecule has 1 amide bonds. The lowest BCUT2D eigenvalue weighted by atomic mass is 10.1. The number of morpholine rings is 1. The van der Waals surface area contributed by atoms with E-state index in [1.807, 2.05) is 24.4 Å². The van der Waals surface area contributed by atoms with Crippen molar-refractivity contribution in [1.29, 1.82) is 0 Å². The van der Waals surface area contributed by atoms with Gasteiger partial charge in [0.15, 0.2) is 11.5 Å². The van der Waals surface area contributed by atoms with E-state index in [0.29, 0.717) is 24.6 Å². The van der Waals surface area contributed by atoms with Crippen LogP contribution in [0.5, 0.6) is 11.5 Å². The molecule has 2 aliphatic rings. The van der Waals surface area contributed by atoms with Gasteiger partial charge in [-0.3, -0.25) is 19.1 Å². The summed E-state index contributed by atoms with van der Waals surface area (Å²) in [7, 11) is 1.60. The normalized spacial score (nSPS) is 15.7. The van der Waals surface area contributed by atoms with E-state index in [4.69, 9.17) is 14.2 Å². The molecule has 1 N–H and O–H groups in total. The molecule has 0 aliphatic carbocycles. The number of nitrogens with zero attached hydrogens (tertiary/aromatic N) is 4. The van der Waals surface area contributed by atoms with Crippen molar-refractivity contribution in [2.24, 2.45) is 0 Å². The second-order valence-corrected chi connectivity index (χ2v) is 9.89. The Bertz CT molecular complexity index is 1570. The number of imidazole rings is 1. The van der Waals surface area contributed by atoms with Crippen LogP contribution in [0.3, 0.4) is 0 Å². The number of fused-ring (bicyclic) bond motifs is 7. The lowest BCUT2D eigenvalue weighted by Gasteiger charge is -2.27. The van der Waals surface area contributed by atoms with E-state index in [1.54, 1.807) is 30.3 Å². The van der Waals surface area contributed by atoms with Gasteiger partial charge in [-0.15, -0.1) is 0 Å². The van der Waals surface area contributed by atoms with Gasteiger partial charge in [-0.2, -0.15) is 0 Å². The average Bonchev–Trinajstić information content (AvgIpc) is 3.47. The van der Waals surface area contributed by atoms with Crippen LogP contribution in [0.1, 0.15) is 21.6 Å². The lowest BCUT2D eigenvalue weighted by molar-refractivity contribution is 0.0341. The highest BCUT2D eigenvalue weighted by Crippen LogP contribution is 2.33. The van der Waals surface area contributed by atoms with E-state index < -0.39 is 0 Å². The Balaban J connectivity index is 1.45. The molecule has 0 unspecified atom stereocenters. The summed E-state index contributed by atoms with van der Waals surface area (Å²) < 4.78 is 19.3. The zero-order chi connectivity index (χ0) is 27.5. The Hall–Kier alpha value is -4.41. The molecule has 0 atom stereocenters. The fourth-order valence-corrected chi connectivity index (χ4v) is 5.22. The summed E-state index contributed by atoms with van der Waals surface area (Å²) in [5.74, 6) is 1.65. The molecule has 6 rings (SSSR count). The number of amides is 1. The van der Waals surface area contributed by atoms with Crippen LogP contribution in [-0.4, -0.2) is 76.8 Å². The highest BCUT2D eigenvalue weighted by Gasteiger charge is 2.21. The number of carbonyl (C=O) groups is 1. The molecule has 0 radical (unpaired) electrons. The SMILES string of the molecule is COc1ccc2cc1OCCN(C(=O)c1cccc(=O)[nH]1)Cc1cc(CN3CCOCC3)cc(c1)-n1ccnc1-2. The molecule has 2 aromatic carbocycles. The van der Waals surface area contributed by atoms with Crippen molar-refractivity contribution in [3.8, 4) is 28.6 Å². The first-order chi connectivity index (χ1) is 19.6. The van der Waals surface area contributed by atoms with Crippen molar-refractivity contribution < 1.29 is 19.0 Å². The molecule has 2 aliphatic heterocycles. The first-order valence-corrected chi connectivity index (χ1v) is 13.3. The van der Waals surface area contributed by atoms with Gasteiger partial charge in [0, 0.05) is 55.9 Å². The number of pyridine rings is 1. The standard InChI is InChI=1S/C30H31N5O5/c1-38-26-6-5-23-18-27(26)40-14-11-34(30(37)25-3-2-4-28(36)32-25)20-22-15-21(19-33-9-12-39-13-10-33)16-24(17-22)35-8-7-31-29(23)35/h2-8,15-18H,9-14,19-20H2,1H3,(H,32,36). The Morgan fingerprint density at radius 3 is 2.75 bits per heavy atom. The quantitative estimate of drug-likeness (QED) is 0.424. The zero-order valence-corrected chi connectivity index (χ0v) is 22.3. The van der Waals surface area contributed by atoms with E-state index in [0.717, 1.165) is 61.1 Å². The van der Waals surface area contributed by atoms with Crippen LogP contribution in [0, 0.1) is 0 Å². The van der Waals surface area contributed by atoms with Crippen LogP contribution < -0.4 is 15.0 Å². The molecule has 10 nitrogen and oxygen atoms in total. The van der Waals surface area contributed by atoms with Crippen molar-refractivity contribution in [3.63, 3.8) is 0 Å². The average molecular weight is 542 g/mol. The summed E-state index contributed by atoms with van der Waals surface area (Å²) in [6.45, 7) is 4.81. The Kier molecular flexibility index (Phi) is 7.35. The molecule has 0 saturated carbocycles. The molecular formula is C30H31N5O5. The number of H-pyrrole nitrogens is 1. The van der Waals surface area contributed by atoms with Gasteiger partial charge < -0.3 is 24.1 Å². The molecular weight excluding hydrogens is 510 g/mol. The van der Waals surface area contributed by atoms with Gasteiger partial charge in [0.1, 0.15) is 18.1 Å². The molecule has 2 aromatic heterocycles. The van der Waals surface area contributed by atoms with Gasteiger partial charge in [-0.05, 0) is 47.5 Å². The predicted molar refractivity (Wildman–Crippen MR) is 149 cm³/mol. The van der Waals surface area contributed by atoms with Gasteiger partial charge >= 0.3 is 0 Å². The van der Waals surface area contributed by atoms with Gasteiger partial charge in [0.2, 0.25) is 5.56 Å². The van der Waals surface area contributed by atoms with Crippen molar-refractivity contribution in [2.45, 2.75) is 13.1 Å². The third-order valence-electron chi connectivity index (χ3n) is 7.17. The molecule has 0 spiro atoms. The number of aromatic amines is 1. The topological polar surface area (TPSA) is 102 Å². The van der Waals surface area contributed by atoms with Crippen molar-refractivity contribution in [2.75, 3.05) is 46.6 Å². The number of rotatable bonds is 4. The number of methoxy groups -OCH3 is 1. The number of hydrogen-bond acceptors (Lipinski definition) is 7. The van der Waals surface area contributed by atoms with Crippen LogP contribution in [0.15, 0.2) is 71.8 Å². The van der Waals surface area contributed by atoms with Gasteiger partial charge in [-0.1, -0.05) is 12.1 Å². The smallest absolute Gasteiger partial charge is 0.270 e. The van der Waals surface area contributed by atoms with Gasteiger partial charge in [0.25, 0.3) is 5.91 Å². The minimum absolute atomic E-state index is 0.234. The predicted octanol–water partition coefficient (Wildman–Crippen LogP) is 3.10. The second kappa shape index (κ2) is 11.4. The number of nitrogens with one attached hydrogen (secondary N) is 1. The minimum Gasteiger partial charge on any atom is -0.493 e. The number of aromatic nitrogens is 3. The molecule has 4 aromatic rings. The summed E-state index contributed by atoms with van der Waals surface area (Å²) in [5, 5.41) is 0. The lowest BCUT2D eigenvalue weighted by Crippen LogP contribution is -2.36. The van der Waals surface area contributed by atoms with Crippen LogP contribution >= 0.6 is 0 Å². The maximum absolute atomic E-state index is 13.6. The number of hydrogen-bond donors (Lipinski definition) is 1. The molecule has 1 saturated heterocycles. The maximum atomic E-state index is 13.6. The monoisotopic (exact) mass is 541 g/mol. The summed E-state index contributed by atoms with van der Waals surface area (Å²) in [6.07, 6.45) is 3.72. The molecule has 10 heteroatoms. The van der Waals surface area contributed by atoms with Crippen LogP contribution in [0.25, 0.3) is 17.1 Å². The van der Waals surface area contributed by atoms with E-state index >= 15 is 0 Å². The molecule has 1 fully saturated rings. The molecule has 40 heavy (non-hydrogen) atoms. The number of benzene rings is 2. The fraction of sp³-hybridized carbons (Fsp3) is 0.300. The minimum atomic E-state index is -0.322. The van der Waals surface area contributed by atoms with Crippen LogP contribution in [0.2, 0.25) is 0 Å². The summed E-state index contributed by atoms with van der Waals surface area (Å²) in [6, 6.07) is 16.7. The Morgan fingerprint density at radius 2 is 1.93 bits per heavy atom. The van der Waals surface area contributed by atoms with E-state index in [2.05, 4.69) is 37.6 Å². The van der Waals surface area contributed by atoms with Crippen molar-refractivity contribution >= 4 is 5.91 Å². The third kappa shape index (κ3) is 5.49. The second-order valence-electron chi connectivity index (χ2n) is 9.89. The Labute approximate surface area is 231 Å². The van der Waals surface area contributed by atoms with E-state index in [9.17, 15) is 9.59 Å². The fourth-order valence-electron chi connectivity index (χ4n) is 5.22. The molecule has 4 heterocycles. The number of ether oxygens (including phenoxy) is 3. The third-order valence-corrected chi connectivity index (χ3v) is 7.17. The first kappa shape index (κ1) is 25.8. The number of carbonyl (C=O) groups excluding carboxylic acids is 1. The Morgan fingerprint density at radius 1 is 1.05 bits per heavy atom. The maximum Gasteiger partial charge on any atom is 0.270 e. The summed E-state index contributed by atoms with van der Waals surface area (Å²) >= 11 is 0. The highest BCUT2D eigenvalue weighted by molar-refractivity contribution is 5.92. The van der Waals surface area contributed by atoms with Gasteiger partial charge in [-0.25, -0.2) is 4.98 Å². The summed E-state index contributed by atoms with van der Waals surface area (Å²) in [4.78, 5) is 37.0. The first-order valence-electron chi connectivity index (χ1n) is 13.3. The largest absolute Gasteiger partial charge is 0.493 e. The van der Waals surface area contributed by atoms with Crippen LogP contribution in [0.4, 0.5) is 0 Å².